The molecule has 1 saturated heterocycles. The number of rotatable bonds is 4. The van der Waals surface area contributed by atoms with Crippen molar-refractivity contribution >= 4 is 23.1 Å². The lowest BCUT2D eigenvalue weighted by molar-refractivity contribution is -0.0174. The van der Waals surface area contributed by atoms with Crippen molar-refractivity contribution in [2.24, 2.45) is 5.73 Å². The number of nitrogens with zero attached hydrogens (tertiary/aromatic N) is 4. The number of ether oxygens (including phenoxy) is 2. The maximum Gasteiger partial charge on any atom is 0.266 e. The second-order valence-corrected chi connectivity index (χ2v) is 9.47. The van der Waals surface area contributed by atoms with Gasteiger partial charge < -0.3 is 25.4 Å². The van der Waals surface area contributed by atoms with Crippen LogP contribution in [0, 0.1) is 0 Å². The minimum absolute atomic E-state index is 0.203. The van der Waals surface area contributed by atoms with Crippen molar-refractivity contribution in [1.82, 2.24) is 14.6 Å². The largest absolute Gasteiger partial charge is 0.494 e. The fourth-order valence-corrected chi connectivity index (χ4v) is 4.60. The van der Waals surface area contributed by atoms with Gasteiger partial charge in [0.25, 0.3) is 11.8 Å². The lowest BCUT2D eigenvalue weighted by atomic mass is 10.0. The van der Waals surface area contributed by atoms with Gasteiger partial charge in [0.1, 0.15) is 28.5 Å². The monoisotopic (exact) mass is 472 g/mol. The Labute approximate surface area is 194 Å². The summed E-state index contributed by atoms with van der Waals surface area (Å²) in [6.45, 7) is 3.75. The van der Waals surface area contributed by atoms with Gasteiger partial charge in [0, 0.05) is 43.3 Å². The number of amides is 1. The van der Waals surface area contributed by atoms with Gasteiger partial charge in [-0.2, -0.15) is 5.10 Å². The summed E-state index contributed by atoms with van der Waals surface area (Å²) >= 11 is 0. The lowest BCUT2D eigenvalue weighted by Gasteiger charge is -2.36. The molecule has 2 aliphatic rings. The van der Waals surface area contributed by atoms with Gasteiger partial charge in [0.05, 0.1) is 25.5 Å². The number of hydrogen-bond acceptors (Lipinski definition) is 7. The Balaban J connectivity index is 1.44. The van der Waals surface area contributed by atoms with Gasteiger partial charge in [-0.25, -0.2) is 18.3 Å². The lowest BCUT2D eigenvalue weighted by Crippen LogP contribution is -2.52. The van der Waals surface area contributed by atoms with Crippen LogP contribution in [0.4, 0.5) is 20.3 Å². The van der Waals surface area contributed by atoms with Crippen LogP contribution in [-0.2, 0) is 6.42 Å². The summed E-state index contributed by atoms with van der Waals surface area (Å²) in [5.74, 6) is -1.87. The van der Waals surface area contributed by atoms with Crippen LogP contribution in [0.2, 0.25) is 0 Å². The highest BCUT2D eigenvalue weighted by Crippen LogP contribution is 2.41. The van der Waals surface area contributed by atoms with E-state index in [-0.39, 0.29) is 29.8 Å². The number of nitrogens with one attached hydrogen (secondary N) is 1. The number of anilines is 2. The molecule has 1 amide bonds. The topological polar surface area (TPSA) is 107 Å². The van der Waals surface area contributed by atoms with Crippen LogP contribution in [0.25, 0.3) is 5.65 Å². The highest BCUT2D eigenvalue weighted by molar-refractivity contribution is 6.09. The van der Waals surface area contributed by atoms with E-state index < -0.39 is 24.4 Å². The molecule has 1 atom stereocenters. The van der Waals surface area contributed by atoms with Crippen molar-refractivity contribution in [2.75, 3.05) is 30.4 Å². The predicted octanol–water partition coefficient (Wildman–Crippen LogP) is 2.88. The Morgan fingerprint density at radius 2 is 2.15 bits per heavy atom. The summed E-state index contributed by atoms with van der Waals surface area (Å²) in [4.78, 5) is 19.1. The van der Waals surface area contributed by atoms with Gasteiger partial charge in [-0.15, -0.1) is 0 Å². The van der Waals surface area contributed by atoms with Gasteiger partial charge in [-0.3, -0.25) is 4.79 Å². The van der Waals surface area contributed by atoms with Crippen molar-refractivity contribution in [2.45, 2.75) is 44.3 Å². The van der Waals surface area contributed by atoms with E-state index in [9.17, 15) is 13.6 Å². The fourth-order valence-electron chi connectivity index (χ4n) is 4.60. The van der Waals surface area contributed by atoms with Crippen molar-refractivity contribution in [3.05, 3.63) is 41.7 Å². The van der Waals surface area contributed by atoms with E-state index >= 15 is 0 Å². The van der Waals surface area contributed by atoms with Crippen molar-refractivity contribution < 1.29 is 23.0 Å². The number of alkyl halides is 2. The standard InChI is InChI=1S/C23H26F2N6O3/c1-22(2)8-13-6-16(18(33-3)7-17(13)34-22)28-21(32)15-10-27-31-5-4-19(29-20(15)31)30-11-14(26)9-23(24,25)12-30/h4-7,10,14H,8-9,11-12,26H2,1-3H3,(H,28,32)/t14-/m0/s1. The van der Waals surface area contributed by atoms with E-state index in [1.807, 2.05) is 19.9 Å². The number of fused-ring (bicyclic) bond motifs is 2. The molecule has 0 radical (unpaired) electrons. The Kier molecular flexibility index (Phi) is 5.12. The van der Waals surface area contributed by atoms with E-state index in [2.05, 4.69) is 15.4 Å². The zero-order valence-corrected chi connectivity index (χ0v) is 19.1. The van der Waals surface area contributed by atoms with Crippen LogP contribution in [0.5, 0.6) is 11.5 Å². The molecule has 3 N–H and O–H groups in total. The quantitative estimate of drug-likeness (QED) is 0.601. The second-order valence-electron chi connectivity index (χ2n) is 9.47. The number of methoxy groups -OCH3 is 1. The zero-order valence-electron chi connectivity index (χ0n) is 19.1. The molecule has 3 aromatic rings. The Bertz CT molecular complexity index is 1280. The molecule has 180 valence electrons. The van der Waals surface area contributed by atoms with Gasteiger partial charge in [0.2, 0.25) is 0 Å². The first-order valence-corrected chi connectivity index (χ1v) is 11.0. The third kappa shape index (κ3) is 4.11. The fraction of sp³-hybridized carbons (Fsp3) is 0.435. The molecular weight excluding hydrogens is 446 g/mol. The molecule has 0 unspecified atom stereocenters. The summed E-state index contributed by atoms with van der Waals surface area (Å²) in [6, 6.07) is 4.51. The average Bonchev–Trinajstić information content (AvgIpc) is 3.29. The highest BCUT2D eigenvalue weighted by Gasteiger charge is 2.39. The molecular formula is C23H26F2N6O3. The molecule has 9 nitrogen and oxygen atoms in total. The molecule has 11 heteroatoms. The third-order valence-corrected chi connectivity index (χ3v) is 5.99. The summed E-state index contributed by atoms with van der Waals surface area (Å²) in [6.07, 6.45) is 3.31. The second kappa shape index (κ2) is 7.79. The van der Waals surface area contributed by atoms with E-state index in [1.165, 1.54) is 22.7 Å². The first kappa shape index (κ1) is 22.3. The molecule has 5 rings (SSSR count). The number of nitrogens with two attached hydrogens (primary N) is 1. The van der Waals surface area contributed by atoms with Crippen LogP contribution in [0.15, 0.2) is 30.6 Å². The number of hydrogen-bond donors (Lipinski definition) is 2. The normalized spacial score (nSPS) is 20.6. The SMILES string of the molecule is COc1cc2c(cc1NC(=O)c1cnn3ccc(N4C[C@@H](N)CC(F)(F)C4)nc13)CC(C)(C)O2. The van der Waals surface area contributed by atoms with Crippen molar-refractivity contribution in [3.63, 3.8) is 0 Å². The van der Waals surface area contributed by atoms with Crippen LogP contribution >= 0.6 is 0 Å². The molecule has 0 aliphatic carbocycles. The van der Waals surface area contributed by atoms with Crippen molar-refractivity contribution in [3.8, 4) is 11.5 Å². The molecule has 0 saturated carbocycles. The zero-order chi connectivity index (χ0) is 24.3. The van der Waals surface area contributed by atoms with Gasteiger partial charge in [-0.1, -0.05) is 0 Å². The summed E-state index contributed by atoms with van der Waals surface area (Å²) in [5.41, 5.74) is 7.39. The summed E-state index contributed by atoms with van der Waals surface area (Å²) in [5, 5.41) is 7.05. The third-order valence-electron chi connectivity index (χ3n) is 5.99. The number of carbonyl (C=O) groups is 1. The molecule has 1 fully saturated rings. The molecule has 0 bridgehead atoms. The van der Waals surface area contributed by atoms with E-state index in [4.69, 9.17) is 15.2 Å². The number of halogens is 2. The van der Waals surface area contributed by atoms with Crippen LogP contribution in [-0.4, -0.2) is 58.3 Å². The number of aromatic nitrogens is 3. The number of carbonyl (C=O) groups excluding carboxylic acids is 1. The minimum Gasteiger partial charge on any atom is -0.494 e. The van der Waals surface area contributed by atoms with Gasteiger partial charge in [0.15, 0.2) is 5.65 Å². The number of piperidine rings is 1. The predicted molar refractivity (Wildman–Crippen MR) is 122 cm³/mol. The summed E-state index contributed by atoms with van der Waals surface area (Å²) < 4.78 is 40.9. The number of benzene rings is 1. The molecule has 2 aliphatic heterocycles. The Morgan fingerprint density at radius 1 is 1.35 bits per heavy atom. The maximum atomic E-state index is 14.1. The molecule has 34 heavy (non-hydrogen) atoms. The van der Waals surface area contributed by atoms with E-state index in [0.717, 1.165) is 11.3 Å². The van der Waals surface area contributed by atoms with E-state index in [0.29, 0.717) is 23.7 Å². The Morgan fingerprint density at radius 3 is 2.88 bits per heavy atom. The maximum absolute atomic E-state index is 14.1. The average molecular weight is 472 g/mol. The van der Waals surface area contributed by atoms with Gasteiger partial charge >= 0.3 is 0 Å². The highest BCUT2D eigenvalue weighted by atomic mass is 19.3. The first-order valence-electron chi connectivity index (χ1n) is 11.0. The van der Waals surface area contributed by atoms with Crippen molar-refractivity contribution in [1.29, 1.82) is 0 Å². The molecule has 2 aromatic heterocycles. The summed E-state index contributed by atoms with van der Waals surface area (Å²) in [7, 11) is 1.51. The van der Waals surface area contributed by atoms with Crippen LogP contribution in [0.1, 0.15) is 36.2 Å². The van der Waals surface area contributed by atoms with Crippen LogP contribution in [0.3, 0.4) is 0 Å². The van der Waals surface area contributed by atoms with Gasteiger partial charge in [-0.05, 0) is 26.0 Å². The smallest absolute Gasteiger partial charge is 0.266 e. The molecule has 4 heterocycles. The molecule has 1 aromatic carbocycles. The Hall–Kier alpha value is -3.47. The minimum atomic E-state index is -2.91. The molecule has 0 spiro atoms. The van der Waals surface area contributed by atoms with E-state index in [1.54, 1.807) is 18.3 Å². The first-order chi connectivity index (χ1) is 16.0. The van der Waals surface area contributed by atoms with Crippen LogP contribution < -0.4 is 25.4 Å².